The van der Waals surface area contributed by atoms with Crippen molar-refractivity contribution in [3.8, 4) is 0 Å². The summed E-state index contributed by atoms with van der Waals surface area (Å²) in [7, 11) is 4.16. The van der Waals surface area contributed by atoms with Crippen LogP contribution in [0.1, 0.15) is 0 Å². The van der Waals surface area contributed by atoms with Gasteiger partial charge in [0.05, 0.1) is 10.4 Å². The third-order valence-corrected chi connectivity index (χ3v) is 2.23. The summed E-state index contributed by atoms with van der Waals surface area (Å²) in [5.74, 6) is 0. The Balaban J connectivity index is 2.59. The molecule has 2 nitrogen and oxygen atoms in total. The number of rotatable bonds is 0. The van der Waals surface area contributed by atoms with E-state index in [1.54, 1.807) is 0 Å². The summed E-state index contributed by atoms with van der Waals surface area (Å²) in [5.41, 5.74) is 0. The maximum atomic E-state index is 2.32. The van der Waals surface area contributed by atoms with E-state index >= 15 is 0 Å². The molecule has 1 aliphatic rings. The first-order valence-electron chi connectivity index (χ1n) is 2.49. The molecular formula is C5H9IN2. The van der Waals surface area contributed by atoms with Crippen molar-refractivity contribution in [1.82, 2.24) is 9.80 Å². The summed E-state index contributed by atoms with van der Waals surface area (Å²) in [6, 6.07) is 0. The molecule has 1 heterocycles. The van der Waals surface area contributed by atoms with Crippen molar-refractivity contribution < 1.29 is 0 Å². The highest BCUT2D eigenvalue weighted by Crippen LogP contribution is 2.17. The number of halogens is 1. The lowest BCUT2D eigenvalue weighted by Crippen LogP contribution is -2.18. The molecule has 0 amide bonds. The predicted octanol–water partition coefficient (Wildman–Crippen LogP) is 1.06. The second kappa shape index (κ2) is 2.13. The summed E-state index contributed by atoms with van der Waals surface area (Å²) in [5, 5.41) is 0. The highest BCUT2D eigenvalue weighted by molar-refractivity contribution is 14.1. The highest BCUT2D eigenvalue weighted by atomic mass is 127. The van der Waals surface area contributed by atoms with Gasteiger partial charge in [-0.1, -0.05) is 0 Å². The Morgan fingerprint density at radius 3 is 2.38 bits per heavy atom. The molecule has 8 heavy (non-hydrogen) atoms. The van der Waals surface area contributed by atoms with Crippen LogP contribution in [0.15, 0.2) is 9.90 Å². The van der Waals surface area contributed by atoms with Gasteiger partial charge in [-0.05, 0) is 22.6 Å². The largest absolute Gasteiger partial charge is 0.361 e. The third-order valence-electron chi connectivity index (χ3n) is 1.13. The zero-order valence-electron chi connectivity index (χ0n) is 5.06. The Labute approximate surface area is 63.3 Å². The maximum absolute atomic E-state index is 2.32. The summed E-state index contributed by atoms with van der Waals surface area (Å²) >= 11 is 2.32. The lowest BCUT2D eigenvalue weighted by Gasteiger charge is -2.12. The molecule has 0 saturated heterocycles. The molecule has 0 radical (unpaired) electrons. The molecular weight excluding hydrogens is 215 g/mol. The first-order valence-corrected chi connectivity index (χ1v) is 3.57. The van der Waals surface area contributed by atoms with E-state index in [4.69, 9.17) is 0 Å². The topological polar surface area (TPSA) is 6.48 Å². The summed E-state index contributed by atoms with van der Waals surface area (Å²) < 4.78 is 1.31. The minimum Gasteiger partial charge on any atom is -0.361 e. The quantitative estimate of drug-likeness (QED) is 0.448. The smallest absolute Gasteiger partial charge is 0.0930 e. The van der Waals surface area contributed by atoms with Crippen LogP contribution in [0, 0.1) is 0 Å². The van der Waals surface area contributed by atoms with Crippen molar-refractivity contribution in [3.63, 3.8) is 0 Å². The Hall–Kier alpha value is 0.0700. The standard InChI is InChI=1S/C5H9IN2/c1-7-3-5(6)8(2)4-7/h3H,4H2,1-2H3. The van der Waals surface area contributed by atoms with Gasteiger partial charge < -0.3 is 9.80 Å². The van der Waals surface area contributed by atoms with Crippen LogP contribution in [0.3, 0.4) is 0 Å². The van der Waals surface area contributed by atoms with Crippen LogP contribution in [0.5, 0.6) is 0 Å². The fourth-order valence-electron chi connectivity index (χ4n) is 0.723. The summed E-state index contributed by atoms with van der Waals surface area (Å²) in [6.45, 7) is 1.03. The Morgan fingerprint density at radius 1 is 1.62 bits per heavy atom. The van der Waals surface area contributed by atoms with Crippen LogP contribution >= 0.6 is 22.6 Å². The maximum Gasteiger partial charge on any atom is 0.0930 e. The second-order valence-corrected chi connectivity index (χ2v) is 3.15. The average molecular weight is 224 g/mol. The van der Waals surface area contributed by atoms with E-state index in [0.29, 0.717) is 0 Å². The van der Waals surface area contributed by atoms with Crippen LogP contribution in [-0.4, -0.2) is 30.6 Å². The zero-order valence-corrected chi connectivity index (χ0v) is 7.21. The minimum atomic E-state index is 1.03. The lowest BCUT2D eigenvalue weighted by atomic mass is 10.9. The van der Waals surface area contributed by atoms with Gasteiger partial charge in [0.15, 0.2) is 0 Å². The van der Waals surface area contributed by atoms with Crippen molar-refractivity contribution in [3.05, 3.63) is 9.90 Å². The Morgan fingerprint density at radius 2 is 2.25 bits per heavy atom. The van der Waals surface area contributed by atoms with E-state index < -0.39 is 0 Å². The highest BCUT2D eigenvalue weighted by Gasteiger charge is 2.09. The van der Waals surface area contributed by atoms with Gasteiger partial charge in [0.25, 0.3) is 0 Å². The molecule has 0 aliphatic carbocycles. The van der Waals surface area contributed by atoms with Gasteiger partial charge in [-0.3, -0.25) is 0 Å². The van der Waals surface area contributed by atoms with Crippen LogP contribution in [0.2, 0.25) is 0 Å². The molecule has 0 saturated carbocycles. The molecule has 0 unspecified atom stereocenters. The zero-order chi connectivity index (χ0) is 6.15. The van der Waals surface area contributed by atoms with Crippen molar-refractivity contribution in [2.75, 3.05) is 20.8 Å². The van der Waals surface area contributed by atoms with Crippen LogP contribution in [0.4, 0.5) is 0 Å². The number of hydrogen-bond donors (Lipinski definition) is 0. The average Bonchev–Trinajstić information content (AvgIpc) is 1.85. The molecule has 1 aliphatic heterocycles. The van der Waals surface area contributed by atoms with Gasteiger partial charge in [-0.15, -0.1) is 0 Å². The van der Waals surface area contributed by atoms with E-state index in [9.17, 15) is 0 Å². The molecule has 0 spiro atoms. The molecule has 0 bridgehead atoms. The fraction of sp³-hybridized carbons (Fsp3) is 0.600. The molecule has 0 N–H and O–H groups in total. The molecule has 0 aromatic heterocycles. The first kappa shape index (κ1) is 6.19. The predicted molar refractivity (Wildman–Crippen MR) is 42.5 cm³/mol. The van der Waals surface area contributed by atoms with Gasteiger partial charge in [-0.25, -0.2) is 0 Å². The van der Waals surface area contributed by atoms with E-state index in [0.717, 1.165) is 6.67 Å². The fourth-order valence-corrected chi connectivity index (χ4v) is 1.35. The van der Waals surface area contributed by atoms with E-state index in [1.165, 1.54) is 3.70 Å². The first-order chi connectivity index (χ1) is 3.70. The van der Waals surface area contributed by atoms with E-state index in [1.807, 2.05) is 0 Å². The van der Waals surface area contributed by atoms with Crippen LogP contribution in [0.25, 0.3) is 0 Å². The molecule has 0 fully saturated rings. The molecule has 46 valence electrons. The molecule has 0 aromatic rings. The van der Waals surface area contributed by atoms with Crippen molar-refractivity contribution in [2.45, 2.75) is 0 Å². The van der Waals surface area contributed by atoms with Gasteiger partial charge >= 0.3 is 0 Å². The van der Waals surface area contributed by atoms with Gasteiger partial charge in [0, 0.05) is 20.3 Å². The van der Waals surface area contributed by atoms with Gasteiger partial charge in [0.1, 0.15) is 0 Å². The SMILES string of the molecule is CN1C=C(I)N(C)C1. The van der Waals surface area contributed by atoms with Crippen LogP contribution in [-0.2, 0) is 0 Å². The Kier molecular flexibility index (Phi) is 1.65. The van der Waals surface area contributed by atoms with Gasteiger partial charge in [-0.2, -0.15) is 0 Å². The van der Waals surface area contributed by atoms with Crippen molar-refractivity contribution >= 4 is 22.6 Å². The lowest BCUT2D eigenvalue weighted by molar-refractivity contribution is 0.338. The Bertz CT molecular complexity index is 122. The molecule has 3 heteroatoms. The monoisotopic (exact) mass is 224 g/mol. The van der Waals surface area contributed by atoms with Gasteiger partial charge in [0.2, 0.25) is 0 Å². The van der Waals surface area contributed by atoms with E-state index in [-0.39, 0.29) is 0 Å². The third kappa shape index (κ3) is 1.07. The summed E-state index contributed by atoms with van der Waals surface area (Å²) in [4.78, 5) is 4.35. The molecule has 1 rings (SSSR count). The normalized spacial score (nSPS) is 19.6. The second-order valence-electron chi connectivity index (χ2n) is 2.05. The van der Waals surface area contributed by atoms with E-state index in [2.05, 4.69) is 52.7 Å². The number of nitrogens with zero attached hydrogens (tertiary/aromatic N) is 2. The van der Waals surface area contributed by atoms with Crippen molar-refractivity contribution in [1.29, 1.82) is 0 Å². The number of hydrogen-bond acceptors (Lipinski definition) is 2. The van der Waals surface area contributed by atoms with Crippen LogP contribution < -0.4 is 0 Å². The molecule has 0 atom stereocenters. The molecule has 0 aromatic carbocycles. The summed E-state index contributed by atoms with van der Waals surface area (Å²) in [6.07, 6.45) is 2.13. The minimum absolute atomic E-state index is 1.03. The van der Waals surface area contributed by atoms with Crippen molar-refractivity contribution in [2.24, 2.45) is 0 Å².